The van der Waals surface area contributed by atoms with Crippen LogP contribution in [0.3, 0.4) is 0 Å². The Bertz CT molecular complexity index is 626. The molecule has 5 nitrogen and oxygen atoms in total. The minimum Gasteiger partial charge on any atom is -0.481 e. The van der Waals surface area contributed by atoms with Crippen molar-refractivity contribution in [1.82, 2.24) is 5.32 Å². The highest BCUT2D eigenvalue weighted by Crippen LogP contribution is 2.24. The van der Waals surface area contributed by atoms with Gasteiger partial charge in [-0.15, -0.1) is 0 Å². The largest absolute Gasteiger partial charge is 0.481 e. The summed E-state index contributed by atoms with van der Waals surface area (Å²) in [5.41, 5.74) is 0.625. The van der Waals surface area contributed by atoms with E-state index in [4.69, 9.17) is 28.3 Å². The normalized spacial score (nSPS) is 10.7. The van der Waals surface area contributed by atoms with E-state index in [-0.39, 0.29) is 6.03 Å². The lowest BCUT2D eigenvalue weighted by Gasteiger charge is -2.08. The van der Waals surface area contributed by atoms with Crippen molar-refractivity contribution >= 4 is 40.9 Å². The SMILES string of the molecule is O=C(O)CCCCCCCCCCCCCCCNC(=O)Nc1ccc(Cl)c(Cl)c1. The molecule has 0 heterocycles. The number of hydrogen-bond donors (Lipinski definition) is 3. The molecule has 0 radical (unpaired) electrons. The third kappa shape index (κ3) is 14.5. The molecule has 0 unspecified atom stereocenters. The average Bonchev–Trinajstić information content (AvgIpc) is 2.70. The van der Waals surface area contributed by atoms with Crippen LogP contribution in [0.25, 0.3) is 0 Å². The van der Waals surface area contributed by atoms with Gasteiger partial charge in [-0.05, 0) is 31.0 Å². The number of hydrogen-bond acceptors (Lipinski definition) is 2. The highest BCUT2D eigenvalue weighted by atomic mass is 35.5. The molecule has 0 atom stereocenters. The Hall–Kier alpha value is -1.46. The smallest absolute Gasteiger partial charge is 0.319 e. The van der Waals surface area contributed by atoms with Crippen LogP contribution in [0.1, 0.15) is 89.9 Å². The Balaban J connectivity index is 1.83. The topological polar surface area (TPSA) is 78.4 Å². The van der Waals surface area contributed by atoms with Crippen LogP contribution in [0.4, 0.5) is 10.5 Å². The molecule has 7 heteroatoms. The second-order valence-corrected chi connectivity index (χ2v) is 8.56. The van der Waals surface area contributed by atoms with Gasteiger partial charge in [0.25, 0.3) is 0 Å². The molecule has 0 spiro atoms. The third-order valence-electron chi connectivity index (χ3n) is 5.03. The number of amides is 2. The van der Waals surface area contributed by atoms with Crippen molar-refractivity contribution in [2.75, 3.05) is 11.9 Å². The van der Waals surface area contributed by atoms with Crippen molar-refractivity contribution in [1.29, 1.82) is 0 Å². The first-order valence-corrected chi connectivity index (χ1v) is 12.0. The predicted octanol–water partition coefficient (Wildman–Crippen LogP) is 7.66. The van der Waals surface area contributed by atoms with Crippen LogP contribution < -0.4 is 10.6 Å². The number of nitrogens with one attached hydrogen (secondary N) is 2. The molecule has 0 aliphatic rings. The minimum atomic E-state index is -0.684. The second-order valence-electron chi connectivity index (χ2n) is 7.75. The molecular weight excluding hydrogens is 423 g/mol. The molecule has 170 valence electrons. The van der Waals surface area contributed by atoms with E-state index in [9.17, 15) is 9.59 Å². The lowest BCUT2D eigenvalue weighted by molar-refractivity contribution is -0.137. The van der Waals surface area contributed by atoms with Gasteiger partial charge in [0.2, 0.25) is 0 Å². The molecular formula is C23H36Cl2N2O3. The number of halogens is 2. The molecule has 0 aliphatic carbocycles. The number of anilines is 1. The van der Waals surface area contributed by atoms with Gasteiger partial charge in [-0.3, -0.25) is 4.79 Å². The summed E-state index contributed by atoms with van der Waals surface area (Å²) < 4.78 is 0. The van der Waals surface area contributed by atoms with Gasteiger partial charge < -0.3 is 15.7 Å². The number of urea groups is 1. The summed E-state index contributed by atoms with van der Waals surface area (Å²) in [4.78, 5) is 22.3. The predicted molar refractivity (Wildman–Crippen MR) is 126 cm³/mol. The van der Waals surface area contributed by atoms with E-state index in [1.54, 1.807) is 18.2 Å². The van der Waals surface area contributed by atoms with Crippen LogP contribution in [0.15, 0.2) is 18.2 Å². The van der Waals surface area contributed by atoms with Crippen molar-refractivity contribution < 1.29 is 14.7 Å². The monoisotopic (exact) mass is 458 g/mol. The first-order valence-electron chi connectivity index (χ1n) is 11.2. The minimum absolute atomic E-state index is 0.227. The number of carbonyl (C=O) groups is 2. The van der Waals surface area contributed by atoms with E-state index in [2.05, 4.69) is 10.6 Å². The summed E-state index contributed by atoms with van der Waals surface area (Å²) in [7, 11) is 0. The number of unbranched alkanes of at least 4 members (excludes halogenated alkanes) is 12. The van der Waals surface area contributed by atoms with Crippen molar-refractivity contribution in [2.24, 2.45) is 0 Å². The zero-order valence-electron chi connectivity index (χ0n) is 17.9. The molecule has 0 aliphatic heterocycles. The Kier molecular flexibility index (Phi) is 15.3. The first kappa shape index (κ1) is 26.6. The van der Waals surface area contributed by atoms with Gasteiger partial charge in [0.1, 0.15) is 0 Å². The van der Waals surface area contributed by atoms with Gasteiger partial charge in [-0.25, -0.2) is 4.79 Å². The standard InChI is InChI=1S/C23H36Cl2N2O3/c24-20-16-15-19(18-21(20)25)27-23(30)26-17-13-11-9-7-5-3-1-2-4-6-8-10-12-14-22(28)29/h15-16,18H,1-14,17H2,(H,28,29)(H2,26,27,30). The molecule has 0 saturated heterocycles. The number of carboxylic acids is 1. The first-order chi connectivity index (χ1) is 14.5. The van der Waals surface area contributed by atoms with Crippen LogP contribution in [0.5, 0.6) is 0 Å². The van der Waals surface area contributed by atoms with Crippen molar-refractivity contribution in [3.05, 3.63) is 28.2 Å². The van der Waals surface area contributed by atoms with E-state index in [1.165, 1.54) is 51.4 Å². The molecule has 30 heavy (non-hydrogen) atoms. The number of carbonyl (C=O) groups excluding carboxylic acids is 1. The summed E-state index contributed by atoms with van der Waals surface area (Å²) in [6.07, 6.45) is 15.5. The fraction of sp³-hybridized carbons (Fsp3) is 0.652. The van der Waals surface area contributed by atoms with Crippen LogP contribution in [0.2, 0.25) is 10.0 Å². The van der Waals surface area contributed by atoms with Gasteiger partial charge in [0.15, 0.2) is 0 Å². The maximum absolute atomic E-state index is 11.8. The Labute approximate surface area is 190 Å². The van der Waals surface area contributed by atoms with E-state index < -0.39 is 5.97 Å². The summed E-state index contributed by atoms with van der Waals surface area (Å²) in [5, 5.41) is 15.1. The molecule has 0 bridgehead atoms. The number of carboxylic acid groups (broad SMARTS) is 1. The van der Waals surface area contributed by atoms with Crippen molar-refractivity contribution in [2.45, 2.75) is 89.9 Å². The van der Waals surface area contributed by atoms with Crippen molar-refractivity contribution in [3.63, 3.8) is 0 Å². The van der Waals surface area contributed by atoms with Gasteiger partial charge >= 0.3 is 12.0 Å². The van der Waals surface area contributed by atoms with Gasteiger partial charge in [-0.1, -0.05) is 93.8 Å². The van der Waals surface area contributed by atoms with Gasteiger partial charge in [0, 0.05) is 18.7 Å². The lowest BCUT2D eigenvalue weighted by atomic mass is 10.0. The summed E-state index contributed by atoms with van der Waals surface area (Å²) in [6, 6.07) is 4.78. The molecule has 2 amide bonds. The zero-order valence-corrected chi connectivity index (χ0v) is 19.4. The summed E-state index contributed by atoms with van der Waals surface area (Å²) in [6.45, 7) is 0.666. The Morgan fingerprint density at radius 1 is 0.733 bits per heavy atom. The van der Waals surface area contributed by atoms with Crippen LogP contribution >= 0.6 is 23.2 Å². The van der Waals surface area contributed by atoms with Crippen molar-refractivity contribution in [3.8, 4) is 0 Å². The molecule has 1 aromatic carbocycles. The van der Waals surface area contributed by atoms with Crippen LogP contribution in [-0.4, -0.2) is 23.7 Å². The van der Waals surface area contributed by atoms with E-state index in [0.717, 1.165) is 32.1 Å². The van der Waals surface area contributed by atoms with E-state index in [1.807, 2.05) is 0 Å². The number of rotatable bonds is 17. The van der Waals surface area contributed by atoms with Gasteiger partial charge in [0.05, 0.1) is 10.0 Å². The maximum Gasteiger partial charge on any atom is 0.319 e. The average molecular weight is 459 g/mol. The van der Waals surface area contributed by atoms with E-state index >= 15 is 0 Å². The third-order valence-corrected chi connectivity index (χ3v) is 5.77. The quantitative estimate of drug-likeness (QED) is 0.209. The van der Waals surface area contributed by atoms with E-state index in [0.29, 0.717) is 28.7 Å². The molecule has 1 rings (SSSR count). The highest BCUT2D eigenvalue weighted by molar-refractivity contribution is 6.42. The molecule has 0 fully saturated rings. The highest BCUT2D eigenvalue weighted by Gasteiger charge is 2.03. The zero-order chi connectivity index (χ0) is 22.0. The van der Waals surface area contributed by atoms with Gasteiger partial charge in [-0.2, -0.15) is 0 Å². The number of benzene rings is 1. The van der Waals surface area contributed by atoms with Crippen LogP contribution in [-0.2, 0) is 4.79 Å². The molecule has 3 N–H and O–H groups in total. The molecule has 0 aromatic heterocycles. The maximum atomic E-state index is 11.8. The summed E-state index contributed by atoms with van der Waals surface area (Å²) in [5.74, 6) is -0.684. The fourth-order valence-electron chi connectivity index (χ4n) is 3.30. The van der Waals surface area contributed by atoms with Crippen LogP contribution in [0, 0.1) is 0 Å². The Morgan fingerprint density at radius 2 is 1.23 bits per heavy atom. The second kappa shape index (κ2) is 17.2. The molecule has 0 saturated carbocycles. The fourth-order valence-corrected chi connectivity index (χ4v) is 3.59. The molecule has 1 aromatic rings. The lowest BCUT2D eigenvalue weighted by Crippen LogP contribution is -2.29. The number of aliphatic carboxylic acids is 1. The Morgan fingerprint density at radius 3 is 1.73 bits per heavy atom. The summed E-state index contributed by atoms with van der Waals surface area (Å²) >= 11 is 11.8.